The summed E-state index contributed by atoms with van der Waals surface area (Å²) in [6, 6.07) is 0. The number of ether oxygens (including phenoxy) is 3. The van der Waals surface area contributed by atoms with Crippen molar-refractivity contribution in [3.63, 3.8) is 0 Å². The molecule has 2 heterocycles. The molecule has 2 aliphatic rings. The van der Waals surface area contributed by atoms with E-state index in [1.54, 1.807) is 0 Å². The molecule has 6 nitrogen and oxygen atoms in total. The summed E-state index contributed by atoms with van der Waals surface area (Å²) in [5.74, 6) is -0.931. The third-order valence-electron chi connectivity index (χ3n) is 4.20. The SMILES string of the molecule is COC(=O)/C(C)=C(\CC1(C)OCCO1)N1CCN(C)CC1. The maximum absolute atomic E-state index is 11.9. The van der Waals surface area contributed by atoms with Gasteiger partial charge in [0.15, 0.2) is 5.79 Å². The van der Waals surface area contributed by atoms with Crippen molar-refractivity contribution in [1.29, 1.82) is 0 Å². The average Bonchev–Trinajstić information content (AvgIpc) is 2.91. The van der Waals surface area contributed by atoms with Gasteiger partial charge in [-0.15, -0.1) is 0 Å². The van der Waals surface area contributed by atoms with Crippen LogP contribution < -0.4 is 0 Å². The molecule has 0 spiro atoms. The first-order valence-corrected chi connectivity index (χ1v) is 7.44. The van der Waals surface area contributed by atoms with Crippen LogP contribution in [0, 0.1) is 0 Å². The molecule has 0 N–H and O–H groups in total. The third-order valence-corrected chi connectivity index (χ3v) is 4.20. The van der Waals surface area contributed by atoms with E-state index < -0.39 is 5.79 Å². The lowest BCUT2D eigenvalue weighted by Gasteiger charge is -2.38. The summed E-state index contributed by atoms with van der Waals surface area (Å²) in [4.78, 5) is 16.5. The molecule has 0 bridgehead atoms. The summed E-state index contributed by atoms with van der Waals surface area (Å²) in [5, 5.41) is 0. The number of piperazine rings is 1. The minimum atomic E-state index is -0.645. The molecule has 6 heteroatoms. The van der Waals surface area contributed by atoms with E-state index in [1.807, 2.05) is 13.8 Å². The van der Waals surface area contributed by atoms with Crippen LogP contribution in [0.25, 0.3) is 0 Å². The second-order valence-corrected chi connectivity index (χ2v) is 5.86. The molecular weight excluding hydrogens is 272 g/mol. The molecule has 2 fully saturated rings. The number of likely N-dealkylation sites (N-methyl/N-ethyl adjacent to an activating group) is 1. The van der Waals surface area contributed by atoms with E-state index in [1.165, 1.54) is 7.11 Å². The Hall–Kier alpha value is -1.11. The summed E-state index contributed by atoms with van der Waals surface area (Å²) in [6.45, 7) is 8.71. The highest BCUT2D eigenvalue weighted by molar-refractivity contribution is 5.88. The van der Waals surface area contributed by atoms with Crippen LogP contribution >= 0.6 is 0 Å². The van der Waals surface area contributed by atoms with Gasteiger partial charge in [-0.05, 0) is 20.9 Å². The van der Waals surface area contributed by atoms with E-state index in [4.69, 9.17) is 14.2 Å². The summed E-state index contributed by atoms with van der Waals surface area (Å²) < 4.78 is 16.3. The van der Waals surface area contributed by atoms with Crippen LogP contribution in [0.2, 0.25) is 0 Å². The first-order valence-electron chi connectivity index (χ1n) is 7.44. The Bertz CT molecular complexity index is 408. The quantitative estimate of drug-likeness (QED) is 0.566. The van der Waals surface area contributed by atoms with Crippen LogP contribution in [-0.2, 0) is 19.0 Å². The molecule has 0 atom stereocenters. The summed E-state index contributed by atoms with van der Waals surface area (Å²) >= 11 is 0. The van der Waals surface area contributed by atoms with E-state index in [0.29, 0.717) is 25.2 Å². The maximum atomic E-state index is 11.9. The molecule has 0 amide bonds. The zero-order valence-corrected chi connectivity index (χ0v) is 13.5. The van der Waals surface area contributed by atoms with E-state index in [9.17, 15) is 4.79 Å². The number of hydrogen-bond donors (Lipinski definition) is 0. The molecule has 0 aromatic carbocycles. The lowest BCUT2D eigenvalue weighted by Crippen LogP contribution is -2.45. The van der Waals surface area contributed by atoms with Crippen molar-refractivity contribution in [2.45, 2.75) is 26.1 Å². The largest absolute Gasteiger partial charge is 0.466 e. The van der Waals surface area contributed by atoms with Gasteiger partial charge in [0.2, 0.25) is 0 Å². The third kappa shape index (κ3) is 3.96. The van der Waals surface area contributed by atoms with Crippen molar-refractivity contribution in [1.82, 2.24) is 9.80 Å². The summed E-state index contributed by atoms with van der Waals surface area (Å²) in [7, 11) is 3.52. The minimum absolute atomic E-state index is 0.287. The van der Waals surface area contributed by atoms with E-state index in [0.717, 1.165) is 31.9 Å². The van der Waals surface area contributed by atoms with Gasteiger partial charge in [0, 0.05) is 38.3 Å². The zero-order valence-electron chi connectivity index (χ0n) is 13.5. The Morgan fingerprint density at radius 3 is 2.29 bits per heavy atom. The lowest BCUT2D eigenvalue weighted by atomic mass is 10.1. The molecule has 0 unspecified atom stereocenters. The molecule has 0 radical (unpaired) electrons. The van der Waals surface area contributed by atoms with Crippen LogP contribution in [0.5, 0.6) is 0 Å². The number of carbonyl (C=O) groups excluding carboxylic acids is 1. The number of esters is 1. The molecule has 21 heavy (non-hydrogen) atoms. The van der Waals surface area contributed by atoms with Gasteiger partial charge in [-0.1, -0.05) is 0 Å². The van der Waals surface area contributed by atoms with Gasteiger partial charge in [0.05, 0.1) is 25.9 Å². The zero-order chi connectivity index (χ0) is 15.5. The van der Waals surface area contributed by atoms with Gasteiger partial charge in [0.1, 0.15) is 0 Å². The Kier molecular flexibility index (Phi) is 5.24. The molecular formula is C15H26N2O4. The highest BCUT2D eigenvalue weighted by Gasteiger charge is 2.35. The molecule has 2 rings (SSSR count). The standard InChI is InChI=1S/C15H26N2O4/c1-12(14(18)19-4)13(11-15(2)20-9-10-21-15)17-7-5-16(3)6-8-17/h5-11H2,1-4H3/b13-12+. The van der Waals surface area contributed by atoms with Crippen molar-refractivity contribution in [3.8, 4) is 0 Å². The van der Waals surface area contributed by atoms with Gasteiger partial charge in [-0.3, -0.25) is 0 Å². The fourth-order valence-corrected chi connectivity index (χ4v) is 2.79. The van der Waals surface area contributed by atoms with Crippen LogP contribution in [-0.4, -0.2) is 75.1 Å². The molecule has 2 aliphatic heterocycles. The molecule has 0 aromatic heterocycles. The number of rotatable bonds is 4. The average molecular weight is 298 g/mol. The number of nitrogens with zero attached hydrogens (tertiary/aromatic N) is 2. The second-order valence-electron chi connectivity index (χ2n) is 5.86. The van der Waals surface area contributed by atoms with Gasteiger partial charge < -0.3 is 24.0 Å². The number of methoxy groups -OCH3 is 1. The van der Waals surface area contributed by atoms with Gasteiger partial charge in [0.25, 0.3) is 0 Å². The molecule has 0 aliphatic carbocycles. The maximum Gasteiger partial charge on any atom is 0.335 e. The van der Waals surface area contributed by atoms with Crippen LogP contribution in [0.1, 0.15) is 20.3 Å². The number of carbonyl (C=O) groups is 1. The topological polar surface area (TPSA) is 51.2 Å². The molecule has 0 saturated carbocycles. The smallest absolute Gasteiger partial charge is 0.335 e. The fraction of sp³-hybridized carbons (Fsp3) is 0.800. The van der Waals surface area contributed by atoms with Gasteiger partial charge >= 0.3 is 5.97 Å². The van der Waals surface area contributed by atoms with Crippen LogP contribution in [0.3, 0.4) is 0 Å². The highest BCUT2D eigenvalue weighted by atomic mass is 16.7. The van der Waals surface area contributed by atoms with Crippen molar-refractivity contribution < 1.29 is 19.0 Å². The Labute approximate surface area is 126 Å². The first kappa shape index (κ1) is 16.3. The molecule has 2 saturated heterocycles. The van der Waals surface area contributed by atoms with Crippen molar-refractivity contribution >= 4 is 5.97 Å². The van der Waals surface area contributed by atoms with Crippen molar-refractivity contribution in [2.24, 2.45) is 0 Å². The Balaban J connectivity index is 2.20. The predicted octanol–water partition coefficient (Wildman–Crippen LogP) is 0.834. The van der Waals surface area contributed by atoms with Gasteiger partial charge in [-0.25, -0.2) is 4.79 Å². The van der Waals surface area contributed by atoms with E-state index in [2.05, 4.69) is 16.8 Å². The van der Waals surface area contributed by atoms with Crippen LogP contribution in [0.4, 0.5) is 0 Å². The van der Waals surface area contributed by atoms with Gasteiger partial charge in [-0.2, -0.15) is 0 Å². The molecule has 120 valence electrons. The first-order chi connectivity index (χ1) is 9.95. The lowest BCUT2D eigenvalue weighted by molar-refractivity contribution is -0.144. The fourth-order valence-electron chi connectivity index (χ4n) is 2.79. The molecule has 0 aromatic rings. The predicted molar refractivity (Wildman–Crippen MR) is 78.7 cm³/mol. The van der Waals surface area contributed by atoms with E-state index in [-0.39, 0.29) is 5.97 Å². The minimum Gasteiger partial charge on any atom is -0.466 e. The second kappa shape index (κ2) is 6.77. The summed E-state index contributed by atoms with van der Waals surface area (Å²) in [6.07, 6.45) is 0.567. The van der Waals surface area contributed by atoms with Crippen molar-refractivity contribution in [2.75, 3.05) is 53.6 Å². The van der Waals surface area contributed by atoms with E-state index >= 15 is 0 Å². The Morgan fingerprint density at radius 2 is 1.76 bits per heavy atom. The monoisotopic (exact) mass is 298 g/mol. The van der Waals surface area contributed by atoms with Crippen LogP contribution in [0.15, 0.2) is 11.3 Å². The summed E-state index contributed by atoms with van der Waals surface area (Å²) in [5.41, 5.74) is 1.61. The number of hydrogen-bond acceptors (Lipinski definition) is 6. The Morgan fingerprint density at radius 1 is 1.19 bits per heavy atom. The highest BCUT2D eigenvalue weighted by Crippen LogP contribution is 2.30. The normalized spacial score (nSPS) is 23.9. The van der Waals surface area contributed by atoms with Crippen molar-refractivity contribution in [3.05, 3.63) is 11.3 Å².